The zero-order valence-electron chi connectivity index (χ0n) is 47.8. The summed E-state index contributed by atoms with van der Waals surface area (Å²) in [6.07, 6.45) is 69.9. The van der Waals surface area contributed by atoms with E-state index in [1.54, 1.807) is 0 Å². The number of likely N-dealkylation sites (N-methyl/N-ethyl adjacent to an activating group) is 1. The second-order valence-corrected chi connectivity index (χ2v) is 22.2. The summed E-state index contributed by atoms with van der Waals surface area (Å²) >= 11 is 0. The lowest BCUT2D eigenvalue weighted by atomic mass is 10.0. The molecule has 73 heavy (non-hydrogen) atoms. The summed E-state index contributed by atoms with van der Waals surface area (Å²) in [6, 6.07) is -0.887. The number of phosphoric ester groups is 1. The second-order valence-electron chi connectivity index (χ2n) is 20.8. The number of quaternary nitrogens is 1. The summed E-state index contributed by atoms with van der Waals surface area (Å²) in [5.74, 6) is -0.617. The van der Waals surface area contributed by atoms with Crippen molar-refractivity contribution in [3.8, 4) is 0 Å². The first-order chi connectivity index (χ1) is 35.4. The number of ether oxygens (including phenoxy) is 1. The monoisotopic (exact) mass is 1040 g/mol. The first kappa shape index (κ1) is 69.9. The Kier molecular flexibility index (Phi) is 50.2. The van der Waals surface area contributed by atoms with Crippen molar-refractivity contribution in [3.63, 3.8) is 0 Å². The van der Waals surface area contributed by atoms with Crippen LogP contribution in [-0.4, -0.2) is 74.3 Å². The van der Waals surface area contributed by atoms with Crippen molar-refractivity contribution in [3.05, 3.63) is 97.2 Å². The molecule has 0 radical (unpaired) electrons. The quantitative estimate of drug-likeness (QED) is 0.0205. The van der Waals surface area contributed by atoms with Crippen LogP contribution in [0, 0.1) is 0 Å². The van der Waals surface area contributed by atoms with Crippen molar-refractivity contribution in [2.75, 3.05) is 40.9 Å². The average Bonchev–Trinajstić information content (AvgIpc) is 3.35. The van der Waals surface area contributed by atoms with Gasteiger partial charge in [0.25, 0.3) is 0 Å². The Bertz CT molecular complexity index is 1570. The van der Waals surface area contributed by atoms with Gasteiger partial charge in [-0.25, -0.2) is 4.57 Å². The van der Waals surface area contributed by atoms with Crippen molar-refractivity contribution in [2.45, 2.75) is 251 Å². The summed E-state index contributed by atoms with van der Waals surface area (Å²) in [5, 5.41) is 3.02. The van der Waals surface area contributed by atoms with Crippen molar-refractivity contribution >= 4 is 19.7 Å². The fourth-order valence-corrected chi connectivity index (χ4v) is 8.70. The summed E-state index contributed by atoms with van der Waals surface area (Å²) in [7, 11) is 1.44. The average molecular weight is 1040 g/mol. The van der Waals surface area contributed by atoms with Gasteiger partial charge in [-0.2, -0.15) is 0 Å². The number of nitrogens with zero attached hydrogens (tertiary/aromatic N) is 1. The molecule has 0 heterocycles. The van der Waals surface area contributed by atoms with Crippen molar-refractivity contribution in [2.24, 2.45) is 0 Å². The minimum atomic E-state index is -4.47. The van der Waals surface area contributed by atoms with Gasteiger partial charge in [0, 0.05) is 12.8 Å². The molecule has 0 rings (SSSR count). The zero-order valence-corrected chi connectivity index (χ0v) is 48.7. The Morgan fingerprint density at radius 2 is 0.890 bits per heavy atom. The van der Waals surface area contributed by atoms with Crippen LogP contribution in [0.5, 0.6) is 0 Å². The zero-order chi connectivity index (χ0) is 53.6. The van der Waals surface area contributed by atoms with Gasteiger partial charge >= 0.3 is 13.8 Å². The number of carbonyl (C=O) groups is 2. The van der Waals surface area contributed by atoms with Gasteiger partial charge in [-0.15, -0.1) is 0 Å². The molecule has 0 aliphatic carbocycles. The lowest BCUT2D eigenvalue weighted by Crippen LogP contribution is -2.47. The molecule has 10 heteroatoms. The number of carbonyl (C=O) groups excluding carboxylic acids is 2. The normalized spacial score (nSPS) is 14.5. The highest BCUT2D eigenvalue weighted by molar-refractivity contribution is 7.47. The summed E-state index contributed by atoms with van der Waals surface area (Å²) in [5.41, 5.74) is 0. The lowest BCUT2D eigenvalue weighted by Gasteiger charge is -2.27. The fourth-order valence-electron chi connectivity index (χ4n) is 7.96. The SMILES string of the molecule is CC/C=C\C/C=C\C/C=C\C/C=C\C/C=C\C/C=C\CCC(=O)OC(/C=C/CCCCCCCCCCCC)C(COP(=O)(O)OCC[N+](C)(C)C)NC(=O)CCCCCCC/C=C/CCCCCCCCC. The van der Waals surface area contributed by atoms with E-state index in [-0.39, 0.29) is 25.5 Å². The number of unbranched alkanes of at least 4 members (excludes halogenated alkanes) is 22. The van der Waals surface area contributed by atoms with Crippen molar-refractivity contribution in [1.29, 1.82) is 0 Å². The van der Waals surface area contributed by atoms with Gasteiger partial charge in [0.2, 0.25) is 5.91 Å². The Hall–Kier alpha value is -3.07. The van der Waals surface area contributed by atoms with Crippen LogP contribution in [0.2, 0.25) is 0 Å². The van der Waals surface area contributed by atoms with Crippen LogP contribution in [0.15, 0.2) is 97.2 Å². The fraction of sp³-hybridized carbons (Fsp3) is 0.714. The first-order valence-corrected chi connectivity index (χ1v) is 31.1. The van der Waals surface area contributed by atoms with E-state index in [9.17, 15) is 19.0 Å². The molecule has 9 nitrogen and oxygen atoms in total. The molecule has 0 bridgehead atoms. The van der Waals surface area contributed by atoms with E-state index in [1.807, 2.05) is 39.4 Å². The molecular formula is C63H112N2O7P+. The molecule has 0 aromatic rings. The van der Waals surface area contributed by atoms with Crippen LogP contribution in [0.1, 0.15) is 239 Å². The molecule has 0 aromatic heterocycles. The van der Waals surface area contributed by atoms with E-state index in [0.717, 1.165) is 96.3 Å². The molecule has 0 aliphatic rings. The molecular weight excluding hydrogens is 928 g/mol. The van der Waals surface area contributed by atoms with E-state index >= 15 is 0 Å². The third kappa shape index (κ3) is 53.6. The van der Waals surface area contributed by atoms with Crippen molar-refractivity contribution in [1.82, 2.24) is 5.32 Å². The largest absolute Gasteiger partial charge is 0.472 e. The lowest BCUT2D eigenvalue weighted by molar-refractivity contribution is -0.870. The van der Waals surface area contributed by atoms with Gasteiger partial charge in [-0.1, -0.05) is 227 Å². The van der Waals surface area contributed by atoms with E-state index in [4.69, 9.17) is 13.8 Å². The van der Waals surface area contributed by atoms with Crippen LogP contribution in [0.3, 0.4) is 0 Å². The molecule has 0 fully saturated rings. The van der Waals surface area contributed by atoms with E-state index < -0.39 is 25.9 Å². The predicted molar refractivity (Wildman–Crippen MR) is 314 cm³/mol. The minimum absolute atomic E-state index is 0.0234. The van der Waals surface area contributed by atoms with Crippen LogP contribution in [0.4, 0.5) is 0 Å². The Labute approximate surface area is 449 Å². The van der Waals surface area contributed by atoms with Gasteiger partial charge in [0.05, 0.1) is 33.8 Å². The predicted octanol–water partition coefficient (Wildman–Crippen LogP) is 18.0. The van der Waals surface area contributed by atoms with Crippen LogP contribution < -0.4 is 5.32 Å². The topological polar surface area (TPSA) is 111 Å². The van der Waals surface area contributed by atoms with Gasteiger partial charge in [0.1, 0.15) is 19.3 Å². The molecule has 3 atom stereocenters. The second kappa shape index (κ2) is 52.4. The summed E-state index contributed by atoms with van der Waals surface area (Å²) in [4.78, 5) is 37.6. The molecule has 0 spiro atoms. The van der Waals surface area contributed by atoms with E-state index in [0.29, 0.717) is 23.9 Å². The number of hydrogen-bond donors (Lipinski definition) is 2. The molecule has 0 aromatic carbocycles. The molecule has 0 saturated heterocycles. The minimum Gasteiger partial charge on any atom is -0.456 e. The van der Waals surface area contributed by atoms with E-state index in [2.05, 4.69) is 105 Å². The molecule has 3 unspecified atom stereocenters. The van der Waals surface area contributed by atoms with Crippen LogP contribution >= 0.6 is 7.82 Å². The first-order valence-electron chi connectivity index (χ1n) is 29.6. The van der Waals surface area contributed by atoms with Crippen molar-refractivity contribution < 1.29 is 37.3 Å². The van der Waals surface area contributed by atoms with Gasteiger partial charge < -0.3 is 19.4 Å². The highest BCUT2D eigenvalue weighted by atomic mass is 31.2. The maximum Gasteiger partial charge on any atom is 0.472 e. The van der Waals surface area contributed by atoms with Crippen LogP contribution in [-0.2, 0) is 27.9 Å². The Morgan fingerprint density at radius 1 is 0.493 bits per heavy atom. The maximum absolute atomic E-state index is 13.5. The van der Waals surface area contributed by atoms with Gasteiger partial charge in [0.15, 0.2) is 0 Å². The smallest absolute Gasteiger partial charge is 0.456 e. The molecule has 1 amide bonds. The number of nitrogens with one attached hydrogen (secondary N) is 1. The standard InChI is InChI=1S/C63H111N2O7P/c1-7-10-13-16-19-22-25-28-30-32-33-34-36-38-41-44-47-50-53-56-63(67)72-61(54-51-48-45-42-39-27-24-21-18-15-12-9-3)60(59-71-73(68,69)70-58-57-65(4,5)6)64-62(66)55-52-49-46-43-40-37-35-31-29-26-23-20-17-14-11-8-2/h10,13,19,22,28,30-31,33-35,38,41,47,50-51,54,60-61H,7-9,11-12,14-18,20-21,23-27,29,32,36-37,39-40,42-46,48-49,52-53,55-59H2,1-6H3,(H-,64,66,68,69)/p+1/b13-10-,22-19-,30-28-,34-33-,35-31+,41-38-,50-47-,54-51+. The molecule has 0 saturated carbocycles. The van der Waals surface area contributed by atoms with E-state index in [1.165, 1.54) is 103 Å². The molecule has 0 aliphatic heterocycles. The van der Waals surface area contributed by atoms with Gasteiger partial charge in [-0.3, -0.25) is 18.6 Å². The maximum atomic E-state index is 13.5. The van der Waals surface area contributed by atoms with Crippen LogP contribution in [0.25, 0.3) is 0 Å². The molecule has 2 N–H and O–H groups in total. The number of amides is 1. The summed E-state index contributed by atoms with van der Waals surface area (Å²) < 4.78 is 30.6. The Balaban J connectivity index is 5.46. The third-order valence-electron chi connectivity index (χ3n) is 12.5. The summed E-state index contributed by atoms with van der Waals surface area (Å²) in [6.45, 7) is 6.83. The third-order valence-corrected chi connectivity index (χ3v) is 13.5. The number of phosphoric acid groups is 1. The number of rotatable bonds is 52. The number of hydrogen-bond acceptors (Lipinski definition) is 6. The molecule has 420 valence electrons. The highest BCUT2D eigenvalue weighted by Crippen LogP contribution is 2.43. The Morgan fingerprint density at radius 3 is 1.34 bits per heavy atom. The van der Waals surface area contributed by atoms with Gasteiger partial charge in [-0.05, 0) is 96.0 Å². The highest BCUT2D eigenvalue weighted by Gasteiger charge is 2.30. The number of esters is 1. The number of allylic oxidation sites excluding steroid dienone is 15.